The lowest BCUT2D eigenvalue weighted by Gasteiger charge is -2.59. The molecule has 7 heteroatoms. The quantitative estimate of drug-likeness (QED) is 0.304. The normalized spacial score (nSPS) is 36.1. The molecule has 30 heavy (non-hydrogen) atoms. The molecule has 5 atom stereocenters. The lowest BCUT2D eigenvalue weighted by Crippen LogP contribution is -2.65. The minimum Gasteiger partial charge on any atom is -0.459 e. The Hall–Kier alpha value is -2.25. The second-order valence-electron chi connectivity index (χ2n) is 9.41. The summed E-state index contributed by atoms with van der Waals surface area (Å²) in [5.74, 6) is -1.96. The Morgan fingerprint density at radius 2 is 1.90 bits per heavy atom. The van der Waals surface area contributed by atoms with E-state index in [1.807, 2.05) is 6.92 Å². The van der Waals surface area contributed by atoms with Crippen LogP contribution >= 0.6 is 0 Å². The van der Waals surface area contributed by atoms with Crippen LogP contribution in [0.3, 0.4) is 0 Å². The average molecular weight is 418 g/mol. The standard InChI is InChI=1S/C23H30O7/c1-14(24)16(25)8-5-6-9-18(26)30-17-12-15-13-29-20(27)23(15,28)22(4)11-7-10-21(2,3)19(17)22/h5-6,8-9,12,14,17,19,24,28H,7,10-11,13H2,1-4H3/b8-5+,9-6+/t14?,17-,19+,22+,23+/m1/s1. The van der Waals surface area contributed by atoms with Crippen molar-refractivity contribution in [3.8, 4) is 0 Å². The van der Waals surface area contributed by atoms with Gasteiger partial charge >= 0.3 is 11.9 Å². The minimum atomic E-state index is -1.70. The second-order valence-corrected chi connectivity index (χ2v) is 9.41. The number of carbonyl (C=O) groups is 3. The first-order valence-electron chi connectivity index (χ1n) is 10.3. The molecule has 0 bridgehead atoms. The van der Waals surface area contributed by atoms with Gasteiger partial charge in [0.05, 0.1) is 0 Å². The molecule has 1 aliphatic heterocycles. The molecule has 1 saturated carbocycles. The SMILES string of the molecule is CC(O)C(=O)/C=C/C=C/C(=O)O[C@@H]1C=C2COC(=O)[C@]2(O)[C@@]2(C)CCCC(C)(C)[C@H]12. The highest BCUT2D eigenvalue weighted by molar-refractivity contribution is 5.93. The van der Waals surface area contributed by atoms with Crippen LogP contribution in [0.2, 0.25) is 0 Å². The molecule has 164 valence electrons. The van der Waals surface area contributed by atoms with Gasteiger partial charge in [-0.3, -0.25) is 4.79 Å². The molecule has 0 radical (unpaired) electrons. The zero-order valence-corrected chi connectivity index (χ0v) is 17.9. The van der Waals surface area contributed by atoms with Gasteiger partial charge in [-0.05, 0) is 37.3 Å². The molecule has 2 fully saturated rings. The molecule has 7 nitrogen and oxygen atoms in total. The number of carbonyl (C=O) groups excluding carboxylic acids is 3. The topological polar surface area (TPSA) is 110 Å². The molecule has 2 aliphatic carbocycles. The van der Waals surface area contributed by atoms with E-state index in [9.17, 15) is 19.5 Å². The maximum absolute atomic E-state index is 12.5. The van der Waals surface area contributed by atoms with Crippen molar-refractivity contribution >= 4 is 17.7 Å². The Morgan fingerprint density at radius 3 is 2.57 bits per heavy atom. The summed E-state index contributed by atoms with van der Waals surface area (Å²) in [4.78, 5) is 36.3. The Balaban J connectivity index is 1.87. The summed E-state index contributed by atoms with van der Waals surface area (Å²) in [6.07, 6.45) is 7.44. The molecule has 3 rings (SSSR count). The maximum atomic E-state index is 12.5. The van der Waals surface area contributed by atoms with Crippen molar-refractivity contribution in [2.24, 2.45) is 16.7 Å². The third-order valence-corrected chi connectivity index (χ3v) is 6.95. The van der Waals surface area contributed by atoms with Gasteiger partial charge in [-0.15, -0.1) is 0 Å². The lowest BCUT2D eigenvalue weighted by atomic mass is 9.46. The van der Waals surface area contributed by atoms with E-state index in [4.69, 9.17) is 14.6 Å². The van der Waals surface area contributed by atoms with Gasteiger partial charge in [-0.25, -0.2) is 9.59 Å². The minimum absolute atomic E-state index is 0.00778. The van der Waals surface area contributed by atoms with Crippen LogP contribution in [0, 0.1) is 16.7 Å². The van der Waals surface area contributed by atoms with E-state index < -0.39 is 40.9 Å². The van der Waals surface area contributed by atoms with Crippen molar-refractivity contribution in [3.05, 3.63) is 36.0 Å². The summed E-state index contributed by atoms with van der Waals surface area (Å²) in [7, 11) is 0. The molecule has 2 N–H and O–H groups in total. The Bertz CT molecular complexity index is 834. The average Bonchev–Trinajstić information content (AvgIpc) is 2.94. The molecule has 1 heterocycles. The zero-order valence-electron chi connectivity index (χ0n) is 17.9. The number of ether oxygens (including phenoxy) is 2. The molecule has 1 unspecified atom stereocenters. The summed E-state index contributed by atoms with van der Waals surface area (Å²) in [6, 6.07) is 0. The predicted octanol–water partition coefficient (Wildman–Crippen LogP) is 2.02. The number of esters is 2. The molecule has 0 spiro atoms. The van der Waals surface area contributed by atoms with E-state index in [0.29, 0.717) is 12.0 Å². The highest BCUT2D eigenvalue weighted by Crippen LogP contribution is 2.63. The lowest BCUT2D eigenvalue weighted by molar-refractivity contribution is -0.194. The number of cyclic esters (lactones) is 1. The molecule has 0 aromatic rings. The smallest absolute Gasteiger partial charge is 0.343 e. The zero-order chi connectivity index (χ0) is 22.3. The van der Waals surface area contributed by atoms with Crippen molar-refractivity contribution in [1.29, 1.82) is 0 Å². The maximum Gasteiger partial charge on any atom is 0.343 e. The van der Waals surface area contributed by atoms with Crippen molar-refractivity contribution in [3.63, 3.8) is 0 Å². The van der Waals surface area contributed by atoms with Gasteiger partial charge in [0.1, 0.15) is 18.8 Å². The van der Waals surface area contributed by atoms with Crippen LogP contribution in [0.5, 0.6) is 0 Å². The first kappa shape index (κ1) is 22.4. The Morgan fingerprint density at radius 1 is 1.23 bits per heavy atom. The number of rotatable bonds is 5. The number of aliphatic hydroxyl groups excluding tert-OH is 1. The largest absolute Gasteiger partial charge is 0.459 e. The van der Waals surface area contributed by atoms with Crippen molar-refractivity contribution in [2.75, 3.05) is 6.61 Å². The monoisotopic (exact) mass is 418 g/mol. The van der Waals surface area contributed by atoms with Gasteiger partial charge in [0.2, 0.25) is 0 Å². The van der Waals surface area contributed by atoms with Crippen LogP contribution < -0.4 is 0 Å². The molecule has 0 aromatic carbocycles. The van der Waals surface area contributed by atoms with Crippen LogP contribution in [0.15, 0.2) is 36.0 Å². The highest BCUT2D eigenvalue weighted by Gasteiger charge is 2.69. The Kier molecular flexibility index (Phi) is 5.82. The van der Waals surface area contributed by atoms with Gasteiger partial charge in [0, 0.05) is 23.0 Å². The number of hydrogen-bond donors (Lipinski definition) is 2. The van der Waals surface area contributed by atoms with Crippen molar-refractivity contribution < 1.29 is 34.1 Å². The van der Waals surface area contributed by atoms with E-state index in [-0.39, 0.29) is 17.9 Å². The number of fused-ring (bicyclic) bond motifs is 3. The second kappa shape index (κ2) is 7.78. The van der Waals surface area contributed by atoms with Crippen LogP contribution in [0.25, 0.3) is 0 Å². The van der Waals surface area contributed by atoms with E-state index in [2.05, 4.69) is 13.8 Å². The van der Waals surface area contributed by atoms with Gasteiger partial charge in [0.15, 0.2) is 11.4 Å². The van der Waals surface area contributed by atoms with Crippen LogP contribution in [0.1, 0.15) is 47.0 Å². The van der Waals surface area contributed by atoms with Crippen molar-refractivity contribution in [2.45, 2.75) is 64.8 Å². The molecule has 3 aliphatic rings. The molecule has 0 aromatic heterocycles. The third kappa shape index (κ3) is 3.54. The summed E-state index contributed by atoms with van der Waals surface area (Å²) >= 11 is 0. The first-order valence-corrected chi connectivity index (χ1v) is 10.3. The first-order chi connectivity index (χ1) is 13.9. The number of hydrogen-bond acceptors (Lipinski definition) is 7. The van der Waals surface area contributed by atoms with Crippen LogP contribution in [-0.2, 0) is 23.9 Å². The molecular formula is C23H30O7. The van der Waals surface area contributed by atoms with Gasteiger partial charge in [0.25, 0.3) is 0 Å². The van der Waals surface area contributed by atoms with Gasteiger partial charge < -0.3 is 19.7 Å². The number of ketones is 1. The van der Waals surface area contributed by atoms with Gasteiger partial charge in [-0.1, -0.05) is 39.3 Å². The fourth-order valence-electron chi connectivity index (χ4n) is 5.54. The fourth-order valence-corrected chi connectivity index (χ4v) is 5.54. The summed E-state index contributed by atoms with van der Waals surface area (Å²) < 4.78 is 10.9. The number of aliphatic hydroxyl groups is 2. The fraction of sp³-hybridized carbons (Fsp3) is 0.609. The summed E-state index contributed by atoms with van der Waals surface area (Å²) in [6.45, 7) is 7.38. The van der Waals surface area contributed by atoms with Crippen LogP contribution in [0.4, 0.5) is 0 Å². The predicted molar refractivity (Wildman–Crippen MR) is 108 cm³/mol. The van der Waals surface area contributed by atoms with E-state index in [0.717, 1.165) is 12.8 Å². The van der Waals surface area contributed by atoms with E-state index in [1.165, 1.54) is 31.2 Å². The van der Waals surface area contributed by atoms with E-state index >= 15 is 0 Å². The van der Waals surface area contributed by atoms with Crippen molar-refractivity contribution in [1.82, 2.24) is 0 Å². The molecular weight excluding hydrogens is 388 g/mol. The molecule has 0 amide bonds. The van der Waals surface area contributed by atoms with Gasteiger partial charge in [-0.2, -0.15) is 0 Å². The number of allylic oxidation sites excluding steroid dienone is 2. The third-order valence-electron chi connectivity index (χ3n) is 6.95. The summed E-state index contributed by atoms with van der Waals surface area (Å²) in [5, 5.41) is 20.6. The van der Waals surface area contributed by atoms with E-state index in [1.54, 1.807) is 6.08 Å². The summed E-state index contributed by atoms with van der Waals surface area (Å²) in [5.41, 5.74) is -2.33. The highest BCUT2D eigenvalue weighted by atomic mass is 16.6. The van der Waals surface area contributed by atoms with Crippen LogP contribution in [-0.4, -0.2) is 52.4 Å². The Labute approximate surface area is 176 Å². The molecule has 1 saturated heterocycles.